The van der Waals surface area contributed by atoms with Crippen LogP contribution in [0.2, 0.25) is 0 Å². The Morgan fingerprint density at radius 3 is 2.48 bits per heavy atom. The van der Waals surface area contributed by atoms with Gasteiger partial charge in [0.25, 0.3) is 10.0 Å². The van der Waals surface area contributed by atoms with Crippen molar-refractivity contribution in [3.8, 4) is 0 Å². The van der Waals surface area contributed by atoms with Gasteiger partial charge in [0.1, 0.15) is 21.8 Å². The number of aryl methyl sites for hydroxylation is 1. The van der Waals surface area contributed by atoms with Crippen molar-refractivity contribution in [1.82, 2.24) is 10.3 Å². The van der Waals surface area contributed by atoms with E-state index in [1.165, 1.54) is 12.1 Å². The van der Waals surface area contributed by atoms with Crippen LogP contribution in [0, 0.1) is 12.3 Å². The van der Waals surface area contributed by atoms with Gasteiger partial charge in [0.05, 0.1) is 11.9 Å². The van der Waals surface area contributed by atoms with Crippen LogP contribution < -0.4 is 15.4 Å². The molecule has 44 heavy (non-hydrogen) atoms. The smallest absolute Gasteiger partial charge is 0.286 e. The summed E-state index contributed by atoms with van der Waals surface area (Å²) >= 11 is 0. The minimum absolute atomic E-state index is 0.0381. The van der Waals surface area contributed by atoms with Crippen LogP contribution in [0.5, 0.6) is 0 Å². The highest BCUT2D eigenvalue weighted by molar-refractivity contribution is 7.92. The van der Waals surface area contributed by atoms with E-state index in [-0.39, 0.29) is 39.6 Å². The summed E-state index contributed by atoms with van der Waals surface area (Å²) in [6.45, 7) is 8.38. The van der Waals surface area contributed by atoms with Gasteiger partial charge in [0.2, 0.25) is 10.0 Å². The molecule has 0 radical (unpaired) electrons. The van der Waals surface area contributed by atoms with E-state index in [9.17, 15) is 26.7 Å². The predicted octanol–water partition coefficient (Wildman–Crippen LogP) is 4.64. The van der Waals surface area contributed by atoms with Crippen LogP contribution >= 0.6 is 0 Å². The molecule has 0 amide bonds. The summed E-state index contributed by atoms with van der Waals surface area (Å²) in [6, 6.07) is 14.7. The molecule has 0 fully saturated rings. The molecule has 1 aliphatic heterocycles. The SMILES string of the molecule is Cc1ncccc1CNC1(CCC(C)(C)C)C(=O)C(C2=NS(=O)(=O)c3cc(NS(C)(=O)=O)ccc3N2)=C(O)c2ccccc21. The van der Waals surface area contributed by atoms with Gasteiger partial charge in [-0.1, -0.05) is 51.1 Å². The fourth-order valence-electron chi connectivity index (χ4n) is 5.43. The van der Waals surface area contributed by atoms with Crippen molar-refractivity contribution in [2.24, 2.45) is 9.81 Å². The number of sulfonamides is 2. The average Bonchev–Trinajstić information content (AvgIpc) is 2.92. The predicted molar refractivity (Wildman–Crippen MR) is 170 cm³/mol. The monoisotopic (exact) mass is 637 g/mol. The maximum Gasteiger partial charge on any atom is 0.286 e. The van der Waals surface area contributed by atoms with E-state index in [0.29, 0.717) is 24.0 Å². The lowest BCUT2D eigenvalue weighted by Crippen LogP contribution is -2.54. The Hall–Kier alpha value is -4.07. The zero-order valence-electron chi connectivity index (χ0n) is 25.1. The average molecular weight is 638 g/mol. The topological polar surface area (TPSA) is 167 Å². The number of ketones is 1. The van der Waals surface area contributed by atoms with Crippen LogP contribution in [0.3, 0.4) is 0 Å². The molecule has 0 saturated carbocycles. The van der Waals surface area contributed by atoms with Gasteiger partial charge in [-0.3, -0.25) is 19.8 Å². The van der Waals surface area contributed by atoms with E-state index in [1.54, 1.807) is 30.5 Å². The number of fused-ring (bicyclic) bond motifs is 2. The van der Waals surface area contributed by atoms with Gasteiger partial charge in [0, 0.05) is 29.7 Å². The first kappa shape index (κ1) is 31.4. The number of aromatic nitrogens is 1. The van der Waals surface area contributed by atoms with E-state index in [4.69, 9.17) is 0 Å². The van der Waals surface area contributed by atoms with Gasteiger partial charge in [-0.25, -0.2) is 8.42 Å². The Bertz CT molecular complexity index is 1950. The number of aliphatic hydroxyl groups is 1. The largest absolute Gasteiger partial charge is 0.506 e. The lowest BCUT2D eigenvalue weighted by Gasteiger charge is -2.41. The number of anilines is 2. The summed E-state index contributed by atoms with van der Waals surface area (Å²) in [7, 11) is -8.08. The van der Waals surface area contributed by atoms with Gasteiger partial charge in [0.15, 0.2) is 11.6 Å². The molecule has 1 aliphatic carbocycles. The number of rotatable bonds is 8. The van der Waals surface area contributed by atoms with Gasteiger partial charge < -0.3 is 10.4 Å². The van der Waals surface area contributed by atoms with Crippen LogP contribution in [-0.4, -0.2) is 44.8 Å². The minimum Gasteiger partial charge on any atom is -0.506 e. The highest BCUT2D eigenvalue weighted by Gasteiger charge is 2.49. The fraction of sp³-hybridized carbons (Fsp3) is 0.323. The second-order valence-corrected chi connectivity index (χ2v) is 15.6. The van der Waals surface area contributed by atoms with Crippen molar-refractivity contribution in [2.45, 2.75) is 57.5 Å². The molecule has 1 aromatic heterocycles. The number of benzene rings is 2. The van der Waals surface area contributed by atoms with Crippen molar-refractivity contribution in [2.75, 3.05) is 16.3 Å². The molecular formula is C31H35N5O6S2. The molecule has 13 heteroatoms. The van der Waals surface area contributed by atoms with Gasteiger partial charge in [-0.15, -0.1) is 4.40 Å². The first-order valence-corrected chi connectivity index (χ1v) is 17.3. The lowest BCUT2D eigenvalue weighted by molar-refractivity contribution is -0.122. The van der Waals surface area contributed by atoms with E-state index in [0.717, 1.165) is 23.6 Å². The van der Waals surface area contributed by atoms with Crippen LogP contribution in [0.25, 0.3) is 5.76 Å². The summed E-state index contributed by atoms with van der Waals surface area (Å²) in [4.78, 5) is 18.9. The van der Waals surface area contributed by atoms with Gasteiger partial charge in [-0.05, 0) is 60.6 Å². The number of Topliss-reactive ketones (excluding diaryl/α,β-unsaturated/α-hetero) is 1. The third-order valence-electron chi connectivity index (χ3n) is 7.70. The maximum absolute atomic E-state index is 14.8. The second kappa shape index (κ2) is 11.1. The molecule has 11 nitrogen and oxygen atoms in total. The van der Waals surface area contributed by atoms with Crippen molar-refractivity contribution >= 4 is 48.8 Å². The van der Waals surface area contributed by atoms with Crippen LogP contribution in [-0.2, 0) is 36.9 Å². The first-order valence-electron chi connectivity index (χ1n) is 14.0. The molecule has 0 bridgehead atoms. The molecule has 232 valence electrons. The van der Waals surface area contributed by atoms with Crippen molar-refractivity contribution in [3.05, 3.63) is 88.8 Å². The van der Waals surface area contributed by atoms with E-state index in [1.807, 2.05) is 19.1 Å². The van der Waals surface area contributed by atoms with Crippen LogP contribution in [0.15, 0.2) is 75.7 Å². The van der Waals surface area contributed by atoms with Crippen molar-refractivity contribution < 1.29 is 26.7 Å². The first-order chi connectivity index (χ1) is 20.5. The second-order valence-electron chi connectivity index (χ2n) is 12.3. The molecular weight excluding hydrogens is 603 g/mol. The number of hydrogen-bond donors (Lipinski definition) is 4. The van der Waals surface area contributed by atoms with E-state index >= 15 is 0 Å². The molecule has 4 N–H and O–H groups in total. The number of aliphatic hydroxyl groups excluding tert-OH is 1. The molecule has 2 heterocycles. The summed E-state index contributed by atoms with van der Waals surface area (Å²) in [6.07, 6.45) is 3.61. The normalized spacial score (nSPS) is 19.5. The third-order valence-corrected chi connectivity index (χ3v) is 9.63. The van der Waals surface area contributed by atoms with Crippen molar-refractivity contribution in [1.29, 1.82) is 0 Å². The Labute approximate surface area is 257 Å². The number of amidine groups is 1. The lowest BCUT2D eigenvalue weighted by atomic mass is 9.69. The summed E-state index contributed by atoms with van der Waals surface area (Å²) in [5, 5.41) is 18.0. The molecule has 5 rings (SSSR count). The third kappa shape index (κ3) is 6.12. The van der Waals surface area contributed by atoms with Crippen molar-refractivity contribution in [3.63, 3.8) is 0 Å². The molecule has 3 aromatic rings. The zero-order chi connectivity index (χ0) is 32.1. The van der Waals surface area contributed by atoms with Crippen LogP contribution in [0.1, 0.15) is 56.0 Å². The number of hydrogen-bond acceptors (Lipinski definition) is 9. The Kier molecular flexibility index (Phi) is 7.93. The summed E-state index contributed by atoms with van der Waals surface area (Å²) in [5.41, 5.74) is 1.00. The highest BCUT2D eigenvalue weighted by atomic mass is 32.2. The zero-order valence-corrected chi connectivity index (χ0v) is 26.7. The Morgan fingerprint density at radius 2 is 1.80 bits per heavy atom. The van der Waals surface area contributed by atoms with E-state index < -0.39 is 37.1 Å². The molecule has 1 unspecified atom stereocenters. The summed E-state index contributed by atoms with van der Waals surface area (Å²) < 4.78 is 56.5. The molecule has 0 spiro atoms. The van der Waals surface area contributed by atoms with Gasteiger partial charge in [-0.2, -0.15) is 8.42 Å². The Balaban J connectivity index is 1.65. The van der Waals surface area contributed by atoms with Crippen LogP contribution in [0.4, 0.5) is 11.4 Å². The standard InChI is InChI=1S/C31H35N5O6S2/c1-19-20(9-8-16-32-19)18-33-31(15-14-30(2,3)4)23-11-7-6-10-22(23)27(37)26(28(31)38)29-34-24-13-12-21(35-43(5,39)40)17-25(24)44(41,42)36-29/h6-13,16-17,33,35,37H,14-15,18H2,1-5H3,(H,34,36). The molecule has 2 aliphatic rings. The number of pyridine rings is 1. The maximum atomic E-state index is 14.8. The number of carbonyl (C=O) groups is 1. The number of nitrogens with zero attached hydrogens (tertiary/aromatic N) is 2. The Morgan fingerprint density at radius 1 is 1.07 bits per heavy atom. The van der Waals surface area contributed by atoms with E-state index in [2.05, 4.69) is 45.5 Å². The quantitative estimate of drug-likeness (QED) is 0.275. The number of carbonyl (C=O) groups excluding carboxylic acids is 1. The molecule has 0 saturated heterocycles. The minimum atomic E-state index is -4.41. The fourth-order valence-corrected chi connectivity index (χ4v) is 7.13. The highest BCUT2D eigenvalue weighted by Crippen LogP contribution is 2.44. The van der Waals surface area contributed by atoms with Gasteiger partial charge >= 0.3 is 0 Å². The summed E-state index contributed by atoms with van der Waals surface area (Å²) in [5.74, 6) is -1.24. The number of nitrogens with one attached hydrogen (secondary N) is 3. The molecule has 1 atom stereocenters. The molecule has 2 aromatic carbocycles.